The maximum absolute atomic E-state index is 11.7. The molecule has 9 heteroatoms. The zero-order valence-corrected chi connectivity index (χ0v) is 22.8. The van der Waals surface area contributed by atoms with Crippen molar-refractivity contribution >= 4 is 32.4 Å². The summed E-state index contributed by atoms with van der Waals surface area (Å²) in [7, 11) is -3.28. The predicted molar refractivity (Wildman–Crippen MR) is 155 cm³/mol. The molecule has 2 heterocycles. The second-order valence-electron chi connectivity index (χ2n) is 9.52. The van der Waals surface area contributed by atoms with Crippen LogP contribution in [0.1, 0.15) is 19.4 Å². The van der Waals surface area contributed by atoms with Crippen molar-refractivity contribution in [2.45, 2.75) is 20.3 Å². The first-order valence-electron chi connectivity index (χ1n) is 13.2. The molecule has 0 amide bonds. The highest BCUT2D eigenvalue weighted by atomic mass is 32.2. The molecule has 0 atom stereocenters. The van der Waals surface area contributed by atoms with Crippen LogP contribution in [0, 0.1) is 0 Å². The number of piperazine rings is 1. The van der Waals surface area contributed by atoms with E-state index in [0.29, 0.717) is 12.3 Å². The third-order valence-corrected chi connectivity index (χ3v) is 8.33. The molecule has 1 saturated heterocycles. The summed E-state index contributed by atoms with van der Waals surface area (Å²) >= 11 is 0. The molecule has 0 radical (unpaired) electrons. The molecule has 1 aromatic heterocycles. The first-order chi connectivity index (χ1) is 18.4. The van der Waals surface area contributed by atoms with Crippen LogP contribution in [0.3, 0.4) is 0 Å². The minimum Gasteiger partial charge on any atom is -0.492 e. The molecule has 200 valence electrons. The van der Waals surface area contributed by atoms with Gasteiger partial charge in [-0.25, -0.2) is 13.4 Å². The van der Waals surface area contributed by atoms with E-state index >= 15 is 0 Å². The highest BCUT2D eigenvalue weighted by Gasteiger charge is 2.20. The molecule has 4 aromatic rings. The summed E-state index contributed by atoms with van der Waals surface area (Å²) in [4.78, 5) is 13.3. The van der Waals surface area contributed by atoms with E-state index in [0.717, 1.165) is 67.3 Å². The molecule has 0 bridgehead atoms. The Labute approximate surface area is 224 Å². The van der Waals surface area contributed by atoms with E-state index < -0.39 is 10.0 Å². The number of aromatic amines is 1. The Bertz CT molecular complexity index is 1460. The van der Waals surface area contributed by atoms with Crippen LogP contribution in [-0.4, -0.2) is 68.4 Å². The number of anilines is 2. The fraction of sp³-hybridized carbons (Fsp3) is 0.345. The Balaban J connectivity index is 1.14. The van der Waals surface area contributed by atoms with Crippen LogP contribution >= 0.6 is 0 Å². The van der Waals surface area contributed by atoms with Gasteiger partial charge in [-0.2, -0.15) is 0 Å². The number of hydrogen-bond acceptors (Lipinski definition) is 6. The van der Waals surface area contributed by atoms with Gasteiger partial charge in [0.1, 0.15) is 23.7 Å². The van der Waals surface area contributed by atoms with Gasteiger partial charge >= 0.3 is 0 Å². The van der Waals surface area contributed by atoms with E-state index in [9.17, 15) is 8.42 Å². The van der Waals surface area contributed by atoms with Gasteiger partial charge in [0, 0.05) is 44.0 Å². The van der Waals surface area contributed by atoms with E-state index in [4.69, 9.17) is 9.72 Å². The van der Waals surface area contributed by atoms with E-state index in [-0.39, 0.29) is 5.75 Å². The van der Waals surface area contributed by atoms with Crippen molar-refractivity contribution < 1.29 is 13.2 Å². The summed E-state index contributed by atoms with van der Waals surface area (Å²) in [6, 6.07) is 22.0. The lowest BCUT2D eigenvalue weighted by molar-refractivity contribution is 0.200. The smallest absolute Gasteiger partial charge is 0.232 e. The van der Waals surface area contributed by atoms with E-state index in [2.05, 4.69) is 68.9 Å². The fourth-order valence-electron chi connectivity index (χ4n) is 4.68. The zero-order chi connectivity index (χ0) is 26.5. The lowest BCUT2D eigenvalue weighted by Gasteiger charge is -2.36. The molecular weight excluding hydrogens is 498 g/mol. The van der Waals surface area contributed by atoms with Gasteiger partial charge in [-0.05, 0) is 55.3 Å². The molecular formula is C29H35N5O3S. The highest BCUT2D eigenvalue weighted by molar-refractivity contribution is 7.92. The second kappa shape index (κ2) is 11.4. The maximum atomic E-state index is 11.7. The highest BCUT2D eigenvalue weighted by Crippen LogP contribution is 2.29. The number of aromatic nitrogens is 2. The monoisotopic (exact) mass is 533 g/mol. The lowest BCUT2D eigenvalue weighted by Crippen LogP contribution is -2.47. The average Bonchev–Trinajstić information content (AvgIpc) is 3.39. The number of para-hydroxylation sites is 1. The van der Waals surface area contributed by atoms with E-state index in [1.807, 2.05) is 0 Å². The van der Waals surface area contributed by atoms with E-state index in [1.165, 1.54) is 11.3 Å². The largest absolute Gasteiger partial charge is 0.492 e. The Morgan fingerprint density at radius 3 is 2.37 bits per heavy atom. The topological polar surface area (TPSA) is 90.6 Å². The molecule has 0 unspecified atom stereocenters. The fourth-order valence-corrected chi connectivity index (χ4v) is 5.32. The number of fused-ring (bicyclic) bond motifs is 1. The number of aryl methyl sites for hydroxylation is 1. The van der Waals surface area contributed by atoms with Crippen LogP contribution in [0.15, 0.2) is 66.7 Å². The minimum atomic E-state index is -3.28. The van der Waals surface area contributed by atoms with Crippen molar-refractivity contribution in [3.05, 3.63) is 72.3 Å². The number of rotatable bonds is 10. The van der Waals surface area contributed by atoms with Gasteiger partial charge in [0.05, 0.1) is 17.0 Å². The van der Waals surface area contributed by atoms with Crippen molar-refractivity contribution in [2.75, 3.05) is 54.7 Å². The van der Waals surface area contributed by atoms with E-state index in [1.54, 1.807) is 31.2 Å². The normalized spacial score (nSPS) is 14.6. The zero-order valence-electron chi connectivity index (χ0n) is 22.0. The first-order valence-corrected chi connectivity index (χ1v) is 14.9. The minimum absolute atomic E-state index is 0.0455. The number of sulfonamides is 1. The molecule has 0 spiro atoms. The Kier molecular flexibility index (Phi) is 7.85. The Hall–Kier alpha value is -3.56. The molecule has 8 nitrogen and oxygen atoms in total. The van der Waals surface area contributed by atoms with Crippen LogP contribution in [0.4, 0.5) is 11.4 Å². The van der Waals surface area contributed by atoms with Crippen molar-refractivity contribution in [3.63, 3.8) is 0 Å². The lowest BCUT2D eigenvalue weighted by atomic mass is 10.1. The van der Waals surface area contributed by atoms with Gasteiger partial charge in [0.2, 0.25) is 10.0 Å². The molecule has 38 heavy (non-hydrogen) atoms. The Morgan fingerprint density at radius 1 is 0.947 bits per heavy atom. The van der Waals surface area contributed by atoms with Gasteiger partial charge in [-0.1, -0.05) is 37.3 Å². The van der Waals surface area contributed by atoms with Gasteiger partial charge in [0.25, 0.3) is 0 Å². The summed E-state index contributed by atoms with van der Waals surface area (Å²) in [5, 5.41) is 0. The Morgan fingerprint density at radius 2 is 1.68 bits per heavy atom. The van der Waals surface area contributed by atoms with Gasteiger partial charge in [-0.15, -0.1) is 0 Å². The summed E-state index contributed by atoms with van der Waals surface area (Å²) in [5.41, 5.74) is 6.22. The summed E-state index contributed by atoms with van der Waals surface area (Å²) in [6.07, 6.45) is 1.03. The van der Waals surface area contributed by atoms with Gasteiger partial charge in [-0.3, -0.25) is 9.62 Å². The van der Waals surface area contributed by atoms with Gasteiger partial charge < -0.3 is 14.6 Å². The molecule has 1 fully saturated rings. The molecule has 3 aromatic carbocycles. The average molecular weight is 534 g/mol. The first kappa shape index (κ1) is 26.1. The van der Waals surface area contributed by atoms with Crippen LogP contribution in [0.5, 0.6) is 5.75 Å². The number of ether oxygens (including phenoxy) is 1. The number of H-pyrrole nitrogens is 1. The number of imidazole rings is 1. The van der Waals surface area contributed by atoms with Crippen LogP contribution in [0.2, 0.25) is 0 Å². The molecule has 5 rings (SSSR count). The SMILES string of the molecule is CCc1ccc(-c2nc3c(N4CCN(CCOc5ccc(NS(=O)(=O)CC)cc5)CC4)cccc3[nH]2)cc1. The summed E-state index contributed by atoms with van der Waals surface area (Å²) in [5.74, 6) is 1.68. The van der Waals surface area contributed by atoms with Crippen LogP contribution in [0.25, 0.3) is 22.4 Å². The standard InChI is InChI=1S/C29H35N5O3S/c1-3-22-8-10-23(11-9-22)29-30-26-6-5-7-27(28(26)31-29)34-18-16-33(17-19-34)20-21-37-25-14-12-24(13-15-25)32-38(35,36)4-2/h5-15,32H,3-4,16-21H2,1-2H3,(H,30,31). The van der Waals surface area contributed by atoms with Crippen molar-refractivity contribution in [1.29, 1.82) is 0 Å². The third-order valence-electron chi connectivity index (χ3n) is 7.02. The van der Waals surface area contributed by atoms with Crippen LogP contribution < -0.4 is 14.4 Å². The molecule has 2 N–H and O–H groups in total. The van der Waals surface area contributed by atoms with Gasteiger partial charge in [0.15, 0.2) is 0 Å². The predicted octanol–water partition coefficient (Wildman–Crippen LogP) is 4.75. The number of nitrogens with one attached hydrogen (secondary N) is 2. The third kappa shape index (κ3) is 6.11. The molecule has 1 aliphatic heterocycles. The number of nitrogens with zero attached hydrogens (tertiary/aromatic N) is 3. The summed E-state index contributed by atoms with van der Waals surface area (Å²) < 4.78 is 31.8. The summed E-state index contributed by atoms with van der Waals surface area (Å²) in [6.45, 7) is 8.95. The molecule has 1 aliphatic rings. The quantitative estimate of drug-likeness (QED) is 0.306. The van der Waals surface area contributed by atoms with Crippen LogP contribution in [-0.2, 0) is 16.4 Å². The second-order valence-corrected chi connectivity index (χ2v) is 11.5. The number of hydrogen-bond donors (Lipinski definition) is 2. The van der Waals surface area contributed by atoms with Crippen molar-refractivity contribution in [1.82, 2.24) is 14.9 Å². The maximum Gasteiger partial charge on any atom is 0.232 e. The molecule has 0 aliphatic carbocycles. The number of benzene rings is 3. The van der Waals surface area contributed by atoms with Crippen molar-refractivity contribution in [3.8, 4) is 17.1 Å². The van der Waals surface area contributed by atoms with Crippen molar-refractivity contribution in [2.24, 2.45) is 0 Å². The molecule has 0 saturated carbocycles.